The molecule has 2 heterocycles. The summed E-state index contributed by atoms with van der Waals surface area (Å²) in [5.74, 6) is 1.07. The zero-order chi connectivity index (χ0) is 21.2. The van der Waals surface area contributed by atoms with E-state index < -0.39 is 5.92 Å². The van der Waals surface area contributed by atoms with E-state index in [-0.39, 0.29) is 11.2 Å². The monoisotopic (exact) mass is 415 g/mol. The van der Waals surface area contributed by atoms with Gasteiger partial charge in [0.1, 0.15) is 7.05 Å². The normalized spacial score (nSPS) is 24.3. The number of hydrogen-bond acceptors (Lipinski definition) is 4. The zero-order valence-corrected chi connectivity index (χ0v) is 18.3. The van der Waals surface area contributed by atoms with E-state index in [1.807, 2.05) is 61.5 Å². The number of carbonyl (C=O) groups excluding carboxylic acids is 1. The van der Waals surface area contributed by atoms with Crippen LogP contribution < -0.4 is 9.64 Å². The molecule has 2 aromatic rings. The Morgan fingerprint density at radius 3 is 2.53 bits per heavy atom. The number of Topliss-reactive ketones (excluding diaryl/α,β-unsaturated/α-hetero) is 1. The fourth-order valence-electron chi connectivity index (χ4n) is 4.60. The van der Waals surface area contributed by atoms with Crippen LogP contribution in [0.25, 0.3) is 0 Å². The van der Waals surface area contributed by atoms with E-state index in [2.05, 4.69) is 36.6 Å². The molecule has 1 fully saturated rings. The summed E-state index contributed by atoms with van der Waals surface area (Å²) in [5, 5.41) is 0. The van der Waals surface area contributed by atoms with Crippen LogP contribution in [0.4, 0.5) is 11.4 Å². The summed E-state index contributed by atoms with van der Waals surface area (Å²) in [4.78, 5) is 15.6. The van der Waals surface area contributed by atoms with Gasteiger partial charge in [-0.2, -0.15) is 4.58 Å². The molecule has 0 radical (unpaired) electrons. The Balaban J connectivity index is 1.44. The molecule has 3 aliphatic rings. The molecular weight excluding hydrogens is 392 g/mol. The first-order valence-corrected chi connectivity index (χ1v) is 10.4. The van der Waals surface area contributed by atoms with Gasteiger partial charge >= 0.3 is 0 Å². The molecule has 0 aromatic heterocycles. The molecule has 0 bridgehead atoms. The van der Waals surface area contributed by atoms with Crippen molar-refractivity contribution in [3.63, 3.8) is 0 Å². The molecule has 0 amide bonds. The number of rotatable bonds is 2. The quantitative estimate of drug-likeness (QED) is 0.409. The van der Waals surface area contributed by atoms with Crippen molar-refractivity contribution in [2.75, 3.05) is 19.0 Å². The van der Waals surface area contributed by atoms with Crippen LogP contribution in [-0.4, -0.2) is 35.0 Å². The van der Waals surface area contributed by atoms with Gasteiger partial charge in [0, 0.05) is 35.2 Å². The second-order valence-corrected chi connectivity index (χ2v) is 8.92. The molecule has 4 nitrogen and oxygen atoms in total. The van der Waals surface area contributed by atoms with E-state index in [1.165, 1.54) is 11.3 Å². The van der Waals surface area contributed by atoms with Crippen molar-refractivity contribution in [3.8, 4) is 5.75 Å². The van der Waals surface area contributed by atoms with Gasteiger partial charge in [-0.1, -0.05) is 42.5 Å². The Labute approximate surface area is 181 Å². The number of ether oxygens (including phenoxy) is 1. The Bertz CT molecular complexity index is 1200. The van der Waals surface area contributed by atoms with E-state index in [9.17, 15) is 4.79 Å². The van der Waals surface area contributed by atoms with Crippen LogP contribution in [0.3, 0.4) is 0 Å². The Morgan fingerprint density at radius 1 is 1.13 bits per heavy atom. The molecule has 0 saturated heterocycles. The average molecular weight is 416 g/mol. The smallest absolute Gasteiger partial charge is 0.209 e. The first-order valence-electron chi connectivity index (χ1n) is 10.0. The summed E-state index contributed by atoms with van der Waals surface area (Å²) in [5.41, 5.74) is 4.95. The molecule has 150 valence electrons. The number of ketones is 1. The predicted molar refractivity (Wildman–Crippen MR) is 123 cm³/mol. The molecular formula is C25H23N2O2S+. The van der Waals surface area contributed by atoms with Gasteiger partial charge in [0.25, 0.3) is 0 Å². The van der Waals surface area contributed by atoms with Crippen molar-refractivity contribution < 1.29 is 14.1 Å². The highest BCUT2D eigenvalue weighted by atomic mass is 32.1. The summed E-state index contributed by atoms with van der Waals surface area (Å²) in [6.45, 7) is 4.37. The van der Waals surface area contributed by atoms with Crippen molar-refractivity contribution >= 4 is 40.0 Å². The first-order chi connectivity index (χ1) is 14.3. The number of benzene rings is 2. The maximum Gasteiger partial charge on any atom is 0.209 e. The van der Waals surface area contributed by atoms with Gasteiger partial charge in [0.2, 0.25) is 5.69 Å². The van der Waals surface area contributed by atoms with Crippen molar-refractivity contribution in [1.29, 1.82) is 0 Å². The minimum atomic E-state index is -0.421. The molecule has 1 atom stereocenters. The SMILES string of the molecule is CN1/C(=C/C2C(=O)/C(=C/C3=[N+](C)c4ccccc4C3(C)C)C2=S)Oc2ccccc21. The number of anilines is 1. The summed E-state index contributed by atoms with van der Waals surface area (Å²) < 4.78 is 8.09. The van der Waals surface area contributed by atoms with E-state index >= 15 is 0 Å². The minimum absolute atomic E-state index is 0.0492. The molecule has 2 aliphatic heterocycles. The lowest BCUT2D eigenvalue weighted by molar-refractivity contribution is -0.401. The van der Waals surface area contributed by atoms with Gasteiger partial charge in [-0.15, -0.1) is 0 Å². The Kier molecular flexibility index (Phi) is 4.09. The third-order valence-electron chi connectivity index (χ3n) is 6.40. The molecule has 2 aromatic carbocycles. The maximum absolute atomic E-state index is 13.0. The Hall–Kier alpha value is -3.05. The summed E-state index contributed by atoms with van der Waals surface area (Å²) in [7, 11) is 3.98. The number of para-hydroxylation sites is 3. The highest BCUT2D eigenvalue weighted by Crippen LogP contribution is 2.42. The van der Waals surface area contributed by atoms with Crippen molar-refractivity contribution in [1.82, 2.24) is 0 Å². The lowest BCUT2D eigenvalue weighted by Crippen LogP contribution is -2.41. The maximum atomic E-state index is 13.0. The molecule has 5 heteroatoms. The summed E-state index contributed by atoms with van der Waals surface area (Å²) in [6.07, 6.45) is 3.82. The molecule has 5 rings (SSSR count). The zero-order valence-electron chi connectivity index (χ0n) is 17.5. The fourth-order valence-corrected chi connectivity index (χ4v) is 4.93. The van der Waals surface area contributed by atoms with E-state index in [4.69, 9.17) is 17.0 Å². The minimum Gasteiger partial charge on any atom is -0.439 e. The Morgan fingerprint density at radius 2 is 1.83 bits per heavy atom. The van der Waals surface area contributed by atoms with Gasteiger partial charge in [-0.05, 0) is 32.1 Å². The first kappa shape index (κ1) is 18.9. The van der Waals surface area contributed by atoms with Gasteiger partial charge in [-0.3, -0.25) is 4.79 Å². The van der Waals surface area contributed by atoms with E-state index in [0.29, 0.717) is 16.3 Å². The van der Waals surface area contributed by atoms with Gasteiger partial charge in [0.05, 0.1) is 17.0 Å². The number of thiocarbonyl (C=S) groups is 1. The number of carbonyl (C=O) groups is 1. The number of fused-ring (bicyclic) bond motifs is 2. The van der Waals surface area contributed by atoms with Crippen LogP contribution in [-0.2, 0) is 10.2 Å². The highest BCUT2D eigenvalue weighted by molar-refractivity contribution is 7.81. The predicted octanol–water partition coefficient (Wildman–Crippen LogP) is 4.56. The molecule has 1 aliphatic carbocycles. The lowest BCUT2D eigenvalue weighted by Gasteiger charge is -2.27. The highest BCUT2D eigenvalue weighted by Gasteiger charge is 2.46. The molecule has 0 N–H and O–H groups in total. The van der Waals surface area contributed by atoms with E-state index in [0.717, 1.165) is 17.1 Å². The van der Waals surface area contributed by atoms with Gasteiger partial charge < -0.3 is 9.64 Å². The molecule has 0 spiro atoms. The largest absolute Gasteiger partial charge is 0.439 e. The van der Waals surface area contributed by atoms with Crippen molar-refractivity contribution in [2.45, 2.75) is 19.3 Å². The third kappa shape index (κ3) is 2.55. The van der Waals surface area contributed by atoms with Crippen molar-refractivity contribution in [3.05, 3.63) is 77.7 Å². The second-order valence-electron chi connectivity index (χ2n) is 8.48. The van der Waals surface area contributed by atoms with Crippen LogP contribution in [0.2, 0.25) is 0 Å². The average Bonchev–Trinajstić information content (AvgIpc) is 3.16. The standard InChI is InChI=1S/C25H23N2O2S/c1-25(2)17-9-5-6-10-18(17)26(3)21(25)13-15-23(28)16(24(15)30)14-22-27(4)19-11-7-8-12-20(19)29-22/h5-14,16H,1-4H3/q+1/b15-13-,22-14-. The molecule has 1 saturated carbocycles. The van der Waals surface area contributed by atoms with E-state index in [1.54, 1.807) is 0 Å². The van der Waals surface area contributed by atoms with Crippen molar-refractivity contribution in [2.24, 2.45) is 5.92 Å². The van der Waals surface area contributed by atoms with Crippen LogP contribution in [0.1, 0.15) is 19.4 Å². The molecule has 1 unspecified atom stereocenters. The number of nitrogens with zero attached hydrogens (tertiary/aromatic N) is 2. The van der Waals surface area contributed by atoms with Gasteiger partial charge in [-0.25, -0.2) is 0 Å². The summed E-state index contributed by atoms with van der Waals surface area (Å²) in [6, 6.07) is 16.2. The third-order valence-corrected chi connectivity index (χ3v) is 6.87. The summed E-state index contributed by atoms with van der Waals surface area (Å²) >= 11 is 5.66. The number of hydrogen-bond donors (Lipinski definition) is 0. The van der Waals surface area contributed by atoms with Crippen LogP contribution in [0.15, 0.2) is 72.1 Å². The van der Waals surface area contributed by atoms with Gasteiger partial charge in [0.15, 0.2) is 23.1 Å². The topological polar surface area (TPSA) is 32.5 Å². The second kappa shape index (κ2) is 6.47. The molecule has 30 heavy (non-hydrogen) atoms. The fraction of sp³-hybridized carbons (Fsp3) is 0.240. The van der Waals surface area contributed by atoms with Crippen LogP contribution in [0, 0.1) is 5.92 Å². The van der Waals surface area contributed by atoms with Crippen LogP contribution in [0.5, 0.6) is 5.75 Å². The number of allylic oxidation sites excluding steroid dienone is 3. The lowest BCUT2D eigenvalue weighted by atomic mass is 9.74. The van der Waals surface area contributed by atoms with Crippen LogP contribution >= 0.6 is 12.2 Å².